The molecule has 1 fully saturated rings. The van der Waals surface area contributed by atoms with E-state index in [4.69, 9.17) is 4.74 Å². The van der Waals surface area contributed by atoms with Crippen molar-refractivity contribution >= 4 is 16.9 Å². The number of ether oxygens (including phenoxy) is 1. The monoisotopic (exact) mass is 424 g/mol. The summed E-state index contributed by atoms with van der Waals surface area (Å²) in [5.74, 6) is -0.659. The minimum Gasteiger partial charge on any atom is -0.497 e. The summed E-state index contributed by atoms with van der Waals surface area (Å²) in [4.78, 5) is 12.4. The molecule has 0 bridgehead atoms. The van der Waals surface area contributed by atoms with E-state index in [-0.39, 0.29) is 18.1 Å². The molecule has 5 nitrogen and oxygen atoms in total. The molecule has 0 spiro atoms. The molecule has 164 valence electrons. The van der Waals surface area contributed by atoms with Gasteiger partial charge in [0, 0.05) is 36.1 Å². The van der Waals surface area contributed by atoms with E-state index in [1.165, 1.54) is 37.8 Å². The number of carbonyl (C=O) groups is 1. The van der Waals surface area contributed by atoms with Gasteiger partial charge in [-0.3, -0.25) is 0 Å². The topological polar surface area (TPSA) is 63.5 Å². The van der Waals surface area contributed by atoms with Gasteiger partial charge in [-0.05, 0) is 42.7 Å². The number of fused-ring (bicyclic) bond motifs is 1. The van der Waals surface area contributed by atoms with Crippen LogP contribution < -0.4 is 10.1 Å². The number of hydrogen-bond donors (Lipinski definition) is 2. The Morgan fingerprint density at radius 3 is 2.61 bits per heavy atom. The predicted octanol–water partition coefficient (Wildman–Crippen LogP) is 5.35. The minimum absolute atomic E-state index is 0.244. The van der Waals surface area contributed by atoms with Crippen LogP contribution in [0.3, 0.4) is 0 Å². The van der Waals surface area contributed by atoms with E-state index in [9.17, 15) is 14.3 Å². The molecule has 4 rings (SSSR count). The fraction of sp³-hybridized carbons (Fsp3) is 0.400. The fourth-order valence-electron chi connectivity index (χ4n) is 4.66. The predicted molar refractivity (Wildman–Crippen MR) is 119 cm³/mol. The van der Waals surface area contributed by atoms with Gasteiger partial charge in [0.15, 0.2) is 0 Å². The number of methoxy groups -OCH3 is 1. The molecular weight excluding hydrogens is 395 g/mol. The summed E-state index contributed by atoms with van der Waals surface area (Å²) in [5, 5.41) is 14.6. The van der Waals surface area contributed by atoms with Crippen molar-refractivity contribution in [1.82, 2.24) is 9.88 Å². The molecule has 1 saturated carbocycles. The highest BCUT2D eigenvalue weighted by atomic mass is 19.1. The molecule has 2 aromatic carbocycles. The molecule has 1 aliphatic carbocycles. The number of nitrogens with one attached hydrogen (secondary N) is 1. The number of benzene rings is 2. The number of halogens is 1. The van der Waals surface area contributed by atoms with Gasteiger partial charge in [0.1, 0.15) is 17.3 Å². The summed E-state index contributed by atoms with van der Waals surface area (Å²) in [7, 11) is 1.59. The third-order valence-corrected chi connectivity index (χ3v) is 6.23. The fourth-order valence-corrected chi connectivity index (χ4v) is 4.66. The first kappa shape index (κ1) is 21.4. The standard InChI is InChI=1S/C25H29FN2O3/c1-31-20-11-12-21-22(15-27-19-9-4-2-3-5-10-19)24(25(29)30)28(23(21)14-20)16-17-7-6-8-18(26)13-17/h6-8,11-14,19,27H,2-5,9-10,15-16H2,1H3,(H,29,30). The van der Waals surface area contributed by atoms with E-state index >= 15 is 0 Å². The summed E-state index contributed by atoms with van der Waals surface area (Å²) in [6, 6.07) is 12.3. The maximum atomic E-state index is 13.8. The van der Waals surface area contributed by atoms with Crippen LogP contribution in [0.4, 0.5) is 4.39 Å². The van der Waals surface area contributed by atoms with Crippen molar-refractivity contribution in [2.75, 3.05) is 7.11 Å². The average Bonchev–Trinajstić information content (AvgIpc) is 2.90. The van der Waals surface area contributed by atoms with Crippen LogP contribution in [0, 0.1) is 5.82 Å². The van der Waals surface area contributed by atoms with Crippen molar-refractivity contribution in [3.8, 4) is 5.75 Å². The molecule has 6 heteroatoms. The highest BCUT2D eigenvalue weighted by Gasteiger charge is 2.24. The maximum absolute atomic E-state index is 13.8. The number of aromatic nitrogens is 1. The Bertz CT molecular complexity index is 1070. The van der Waals surface area contributed by atoms with Crippen LogP contribution in [0.5, 0.6) is 5.75 Å². The normalized spacial score (nSPS) is 15.2. The number of nitrogens with zero attached hydrogens (tertiary/aromatic N) is 1. The van der Waals surface area contributed by atoms with Crippen LogP contribution in [0.15, 0.2) is 42.5 Å². The molecule has 31 heavy (non-hydrogen) atoms. The molecule has 0 aliphatic heterocycles. The van der Waals surface area contributed by atoms with Gasteiger partial charge in [-0.2, -0.15) is 0 Å². The van der Waals surface area contributed by atoms with Crippen molar-refractivity contribution in [2.24, 2.45) is 0 Å². The first-order valence-electron chi connectivity index (χ1n) is 11.0. The molecule has 1 aliphatic rings. The van der Waals surface area contributed by atoms with Gasteiger partial charge in [0.05, 0.1) is 12.6 Å². The van der Waals surface area contributed by atoms with Gasteiger partial charge in [-0.15, -0.1) is 0 Å². The number of carboxylic acid groups (broad SMARTS) is 1. The van der Waals surface area contributed by atoms with Crippen LogP contribution in [-0.4, -0.2) is 28.8 Å². The smallest absolute Gasteiger partial charge is 0.352 e. The SMILES string of the molecule is COc1ccc2c(CNC3CCCCCC3)c(C(=O)O)n(Cc3cccc(F)c3)c2c1. The Balaban J connectivity index is 1.76. The second-order valence-electron chi connectivity index (χ2n) is 8.30. The number of rotatable bonds is 7. The van der Waals surface area contributed by atoms with Crippen molar-refractivity contribution in [3.63, 3.8) is 0 Å². The highest BCUT2D eigenvalue weighted by molar-refractivity contribution is 5.98. The van der Waals surface area contributed by atoms with E-state index in [0.717, 1.165) is 29.3 Å². The second kappa shape index (κ2) is 9.52. The van der Waals surface area contributed by atoms with E-state index < -0.39 is 5.97 Å². The third kappa shape index (κ3) is 4.74. The molecule has 0 radical (unpaired) electrons. The molecule has 3 aromatic rings. The number of aromatic carboxylic acids is 1. The lowest BCUT2D eigenvalue weighted by molar-refractivity contribution is 0.0684. The van der Waals surface area contributed by atoms with Gasteiger partial charge in [0.2, 0.25) is 0 Å². The van der Waals surface area contributed by atoms with E-state index in [1.54, 1.807) is 17.7 Å². The van der Waals surface area contributed by atoms with Crippen LogP contribution in [0.1, 0.15) is 60.1 Å². The van der Waals surface area contributed by atoms with Crippen LogP contribution in [0.25, 0.3) is 10.9 Å². The summed E-state index contributed by atoms with van der Waals surface area (Å²) in [6.07, 6.45) is 7.21. The maximum Gasteiger partial charge on any atom is 0.352 e. The van der Waals surface area contributed by atoms with Crippen molar-refractivity contribution in [3.05, 3.63) is 65.1 Å². The summed E-state index contributed by atoms with van der Waals surface area (Å²) in [6.45, 7) is 0.762. The third-order valence-electron chi connectivity index (χ3n) is 6.23. The number of hydrogen-bond acceptors (Lipinski definition) is 3. The Labute approximate surface area is 181 Å². The van der Waals surface area contributed by atoms with Gasteiger partial charge < -0.3 is 19.7 Å². The summed E-state index contributed by atoms with van der Waals surface area (Å²) in [5.41, 5.74) is 2.50. The first-order chi connectivity index (χ1) is 15.1. The van der Waals surface area contributed by atoms with Crippen LogP contribution >= 0.6 is 0 Å². The van der Waals surface area contributed by atoms with E-state index in [0.29, 0.717) is 23.9 Å². The molecule has 0 atom stereocenters. The Kier molecular flexibility index (Phi) is 6.56. The van der Waals surface area contributed by atoms with E-state index in [2.05, 4.69) is 5.32 Å². The zero-order chi connectivity index (χ0) is 21.8. The molecule has 1 aromatic heterocycles. The lowest BCUT2D eigenvalue weighted by Gasteiger charge is -2.16. The van der Waals surface area contributed by atoms with Gasteiger partial charge in [0.25, 0.3) is 0 Å². The largest absolute Gasteiger partial charge is 0.497 e. The number of carboxylic acids is 1. The second-order valence-corrected chi connectivity index (χ2v) is 8.30. The zero-order valence-corrected chi connectivity index (χ0v) is 17.9. The van der Waals surface area contributed by atoms with Crippen molar-refractivity contribution in [1.29, 1.82) is 0 Å². The summed E-state index contributed by atoms with van der Waals surface area (Å²) < 4.78 is 20.9. The Morgan fingerprint density at radius 1 is 1.16 bits per heavy atom. The van der Waals surface area contributed by atoms with Crippen molar-refractivity contribution < 1.29 is 19.0 Å². The van der Waals surface area contributed by atoms with Gasteiger partial charge in [-0.1, -0.05) is 37.8 Å². The van der Waals surface area contributed by atoms with Crippen LogP contribution in [0.2, 0.25) is 0 Å². The molecule has 1 heterocycles. The van der Waals surface area contributed by atoms with Crippen molar-refractivity contribution in [2.45, 2.75) is 57.7 Å². The minimum atomic E-state index is -0.982. The lowest BCUT2D eigenvalue weighted by Crippen LogP contribution is -2.28. The molecule has 0 amide bonds. The molecule has 0 unspecified atom stereocenters. The van der Waals surface area contributed by atoms with Gasteiger partial charge >= 0.3 is 5.97 Å². The van der Waals surface area contributed by atoms with E-state index in [1.807, 2.05) is 24.3 Å². The quantitative estimate of drug-likeness (QED) is 0.502. The van der Waals surface area contributed by atoms with Crippen LogP contribution in [-0.2, 0) is 13.1 Å². The Morgan fingerprint density at radius 2 is 1.94 bits per heavy atom. The lowest BCUT2D eigenvalue weighted by atomic mass is 10.1. The van der Waals surface area contributed by atoms with Gasteiger partial charge in [-0.25, -0.2) is 9.18 Å². The molecule has 2 N–H and O–H groups in total. The zero-order valence-electron chi connectivity index (χ0n) is 17.9. The molecular formula is C25H29FN2O3. The highest BCUT2D eigenvalue weighted by Crippen LogP contribution is 2.31. The first-order valence-corrected chi connectivity index (χ1v) is 11.0. The Hall–Kier alpha value is -2.86. The summed E-state index contributed by atoms with van der Waals surface area (Å²) >= 11 is 0. The molecule has 0 saturated heterocycles. The average molecular weight is 425 g/mol.